The lowest BCUT2D eigenvalue weighted by atomic mass is 10.3. The fraction of sp³-hybridized carbons (Fsp3) is 0.333. The Hall–Kier alpha value is -1.12. The van der Waals surface area contributed by atoms with Gasteiger partial charge in [-0.1, -0.05) is 39.3 Å². The van der Waals surface area contributed by atoms with E-state index >= 15 is 0 Å². The second-order valence-electron chi connectivity index (χ2n) is 3.94. The van der Waals surface area contributed by atoms with Crippen LogP contribution in [0.1, 0.15) is 18.4 Å². The van der Waals surface area contributed by atoms with Gasteiger partial charge in [-0.2, -0.15) is 4.39 Å². The van der Waals surface area contributed by atoms with Crippen molar-refractivity contribution >= 4 is 27.3 Å². The van der Waals surface area contributed by atoms with Gasteiger partial charge in [-0.15, -0.1) is 5.10 Å². The summed E-state index contributed by atoms with van der Waals surface area (Å²) in [6.07, 6.45) is 1.02. The fourth-order valence-corrected chi connectivity index (χ4v) is 2.50. The fourth-order valence-electron chi connectivity index (χ4n) is 1.42. The summed E-state index contributed by atoms with van der Waals surface area (Å²) in [5, 5.41) is 11.8. The van der Waals surface area contributed by atoms with Crippen molar-refractivity contribution in [3.05, 3.63) is 33.2 Å². The maximum atomic E-state index is 13.5. The number of hydrogen-bond donors (Lipinski definition) is 1. The number of aromatic nitrogens is 2. The van der Waals surface area contributed by atoms with Crippen molar-refractivity contribution in [1.82, 2.24) is 15.5 Å². The molecule has 0 amide bonds. The predicted molar refractivity (Wildman–Crippen MR) is 76.0 cm³/mol. The van der Waals surface area contributed by atoms with Crippen LogP contribution in [0, 0.1) is 11.6 Å². The number of nitrogens with zero attached hydrogens (tertiary/aromatic N) is 2. The summed E-state index contributed by atoms with van der Waals surface area (Å²) in [6, 6.07) is 2.37. The lowest BCUT2D eigenvalue weighted by molar-refractivity contribution is 0.411. The van der Waals surface area contributed by atoms with Crippen molar-refractivity contribution < 1.29 is 13.5 Å². The summed E-state index contributed by atoms with van der Waals surface area (Å²) in [5.41, 5.74) is 0. The Bertz CT molecular complexity index is 594. The molecule has 1 N–H and O–H groups in total. The Morgan fingerprint density at radius 1 is 1.35 bits per heavy atom. The van der Waals surface area contributed by atoms with Crippen LogP contribution >= 0.6 is 27.3 Å². The van der Waals surface area contributed by atoms with Crippen LogP contribution in [0.3, 0.4) is 0 Å². The second kappa shape index (κ2) is 7.05. The summed E-state index contributed by atoms with van der Waals surface area (Å²) in [4.78, 5) is 0. The number of ether oxygens (including phenoxy) is 1. The molecule has 4 nitrogen and oxygen atoms in total. The average molecular weight is 364 g/mol. The first kappa shape index (κ1) is 15.3. The summed E-state index contributed by atoms with van der Waals surface area (Å²) in [6.45, 7) is 3.51. The van der Waals surface area contributed by atoms with Crippen LogP contribution in [-0.4, -0.2) is 16.7 Å². The van der Waals surface area contributed by atoms with E-state index in [0.717, 1.165) is 24.0 Å². The van der Waals surface area contributed by atoms with Gasteiger partial charge in [0.2, 0.25) is 5.82 Å². The van der Waals surface area contributed by atoms with Gasteiger partial charge in [0.1, 0.15) is 5.01 Å². The molecule has 2 rings (SSSR count). The van der Waals surface area contributed by atoms with Gasteiger partial charge in [0.25, 0.3) is 5.19 Å². The predicted octanol–water partition coefficient (Wildman–Crippen LogP) is 3.87. The van der Waals surface area contributed by atoms with E-state index in [-0.39, 0.29) is 10.9 Å². The number of hydrogen-bond acceptors (Lipinski definition) is 5. The maximum absolute atomic E-state index is 13.5. The molecule has 0 spiro atoms. The molecule has 0 radical (unpaired) electrons. The first-order chi connectivity index (χ1) is 9.60. The van der Waals surface area contributed by atoms with Crippen LogP contribution in [0.5, 0.6) is 10.9 Å². The molecule has 8 heteroatoms. The standard InChI is InChI=1S/C12H12BrF2N3OS/c1-2-3-16-6-10-17-18-12(20-10)19-9-5-7(13)4-8(14)11(9)15/h4-5,16H,2-3,6H2,1H3. The molecule has 0 aliphatic rings. The lowest BCUT2D eigenvalue weighted by Crippen LogP contribution is -2.13. The zero-order valence-electron chi connectivity index (χ0n) is 10.6. The minimum Gasteiger partial charge on any atom is -0.426 e. The van der Waals surface area contributed by atoms with Crippen molar-refractivity contribution in [3.63, 3.8) is 0 Å². The SMILES string of the molecule is CCCNCc1nnc(Oc2cc(Br)cc(F)c2F)s1. The first-order valence-corrected chi connectivity index (χ1v) is 7.56. The van der Waals surface area contributed by atoms with E-state index in [1.54, 1.807) is 0 Å². The van der Waals surface area contributed by atoms with Gasteiger partial charge in [-0.05, 0) is 25.1 Å². The largest absolute Gasteiger partial charge is 0.426 e. The molecule has 0 aliphatic carbocycles. The van der Waals surface area contributed by atoms with Crippen LogP contribution in [0.2, 0.25) is 0 Å². The second-order valence-corrected chi connectivity index (χ2v) is 5.88. The molecule has 2 aromatic rings. The molecule has 1 aromatic carbocycles. The minimum absolute atomic E-state index is 0.176. The molecule has 20 heavy (non-hydrogen) atoms. The highest BCUT2D eigenvalue weighted by atomic mass is 79.9. The monoisotopic (exact) mass is 363 g/mol. The normalized spacial score (nSPS) is 10.8. The minimum atomic E-state index is -1.05. The van der Waals surface area contributed by atoms with Crippen LogP contribution in [0.15, 0.2) is 16.6 Å². The van der Waals surface area contributed by atoms with E-state index < -0.39 is 11.6 Å². The third-order valence-corrected chi connectivity index (χ3v) is 3.57. The molecular weight excluding hydrogens is 352 g/mol. The van der Waals surface area contributed by atoms with Crippen LogP contribution < -0.4 is 10.1 Å². The Labute approximate surface area is 127 Å². The topological polar surface area (TPSA) is 47.0 Å². The van der Waals surface area contributed by atoms with Crippen LogP contribution in [0.4, 0.5) is 8.78 Å². The van der Waals surface area contributed by atoms with Gasteiger partial charge in [0.05, 0.1) is 0 Å². The molecule has 0 saturated heterocycles. The van der Waals surface area contributed by atoms with E-state index in [9.17, 15) is 8.78 Å². The molecule has 1 heterocycles. The quantitative estimate of drug-likeness (QED) is 0.625. The summed E-state index contributed by atoms with van der Waals surface area (Å²) >= 11 is 4.27. The van der Waals surface area contributed by atoms with Crippen molar-refractivity contribution in [3.8, 4) is 10.9 Å². The Morgan fingerprint density at radius 3 is 2.90 bits per heavy atom. The van der Waals surface area contributed by atoms with Crippen LogP contribution in [0.25, 0.3) is 0 Å². The third-order valence-electron chi connectivity index (χ3n) is 2.31. The van der Waals surface area contributed by atoms with E-state index in [0.29, 0.717) is 11.0 Å². The molecule has 0 atom stereocenters. The molecule has 0 aliphatic heterocycles. The highest BCUT2D eigenvalue weighted by Crippen LogP contribution is 2.31. The Kier molecular flexibility index (Phi) is 5.38. The van der Waals surface area contributed by atoms with Gasteiger partial charge in [0.15, 0.2) is 11.6 Å². The van der Waals surface area contributed by atoms with Crippen LogP contribution in [-0.2, 0) is 6.54 Å². The van der Waals surface area contributed by atoms with Gasteiger partial charge in [0, 0.05) is 11.0 Å². The Morgan fingerprint density at radius 2 is 2.15 bits per heavy atom. The van der Waals surface area contributed by atoms with Crippen molar-refractivity contribution in [2.75, 3.05) is 6.54 Å². The molecule has 1 aromatic heterocycles. The van der Waals surface area contributed by atoms with Gasteiger partial charge >= 0.3 is 0 Å². The maximum Gasteiger partial charge on any atom is 0.299 e. The highest BCUT2D eigenvalue weighted by molar-refractivity contribution is 9.10. The van der Waals surface area contributed by atoms with Crippen molar-refractivity contribution in [2.24, 2.45) is 0 Å². The number of halogens is 3. The summed E-state index contributed by atoms with van der Waals surface area (Å²) < 4.78 is 32.4. The highest BCUT2D eigenvalue weighted by Gasteiger charge is 2.14. The molecule has 0 bridgehead atoms. The van der Waals surface area contributed by atoms with E-state index in [4.69, 9.17) is 4.74 Å². The summed E-state index contributed by atoms with van der Waals surface area (Å²) in [7, 11) is 0. The zero-order valence-corrected chi connectivity index (χ0v) is 13.0. The number of nitrogens with one attached hydrogen (secondary N) is 1. The van der Waals surface area contributed by atoms with Gasteiger partial charge < -0.3 is 10.1 Å². The van der Waals surface area contributed by atoms with E-state index in [1.165, 1.54) is 17.4 Å². The molecule has 0 unspecified atom stereocenters. The van der Waals surface area contributed by atoms with Gasteiger partial charge in [-0.25, -0.2) is 4.39 Å². The van der Waals surface area contributed by atoms with E-state index in [1.807, 2.05) is 0 Å². The summed E-state index contributed by atoms with van der Waals surface area (Å²) in [5.74, 6) is -2.25. The molecule has 0 fully saturated rings. The molecule has 108 valence electrons. The molecular formula is C12H12BrF2N3OS. The van der Waals surface area contributed by atoms with Gasteiger partial charge in [-0.3, -0.25) is 0 Å². The first-order valence-electron chi connectivity index (χ1n) is 5.95. The van der Waals surface area contributed by atoms with Crippen molar-refractivity contribution in [1.29, 1.82) is 0 Å². The van der Waals surface area contributed by atoms with Crippen molar-refractivity contribution in [2.45, 2.75) is 19.9 Å². The molecule has 0 saturated carbocycles. The number of benzene rings is 1. The van der Waals surface area contributed by atoms with E-state index in [2.05, 4.69) is 38.4 Å². The zero-order chi connectivity index (χ0) is 14.5. The Balaban J connectivity index is 2.07. The number of rotatable bonds is 6. The average Bonchev–Trinajstić information content (AvgIpc) is 2.83. The third kappa shape index (κ3) is 3.94. The smallest absolute Gasteiger partial charge is 0.299 e. The lowest BCUT2D eigenvalue weighted by Gasteiger charge is -2.04.